The van der Waals surface area contributed by atoms with Crippen LogP contribution in [0.25, 0.3) is 0 Å². The maximum Gasteiger partial charge on any atom is 0.420 e. The van der Waals surface area contributed by atoms with Gasteiger partial charge in [0.05, 0.1) is 13.2 Å². The van der Waals surface area contributed by atoms with Crippen molar-refractivity contribution in [1.29, 1.82) is 0 Å². The molecule has 0 radical (unpaired) electrons. The molecule has 0 aliphatic carbocycles. The third-order valence-corrected chi connectivity index (χ3v) is 3.28. The van der Waals surface area contributed by atoms with E-state index in [1.165, 1.54) is 19.1 Å². The number of hydrogen-bond acceptors (Lipinski definition) is 2. The molecule has 0 aliphatic heterocycles. The Bertz CT molecular complexity index is 522. The second-order valence-corrected chi connectivity index (χ2v) is 5.12. The van der Waals surface area contributed by atoms with Gasteiger partial charge in [-0.15, -0.1) is 13.2 Å². The maximum atomic E-state index is 13.3. The number of rotatable bonds is 10. The molecule has 0 fully saturated rings. The fourth-order valence-electron chi connectivity index (χ4n) is 2.12. The van der Waals surface area contributed by atoms with Crippen LogP contribution in [0.1, 0.15) is 36.8 Å². The van der Waals surface area contributed by atoms with Crippen molar-refractivity contribution in [2.45, 2.75) is 38.8 Å². The molecule has 2 nitrogen and oxygen atoms in total. The third-order valence-electron chi connectivity index (χ3n) is 3.28. The number of allylic oxidation sites excluding steroid dienone is 2. The van der Waals surface area contributed by atoms with Crippen LogP contribution in [0.5, 0.6) is 11.5 Å². The molecular formula is C18H23F3O2. The number of ether oxygens (including phenoxy) is 2. The Morgan fingerprint density at radius 1 is 0.957 bits per heavy atom. The zero-order valence-electron chi connectivity index (χ0n) is 13.4. The zero-order valence-corrected chi connectivity index (χ0v) is 13.4. The van der Waals surface area contributed by atoms with E-state index >= 15 is 0 Å². The van der Waals surface area contributed by atoms with Crippen molar-refractivity contribution in [3.63, 3.8) is 0 Å². The van der Waals surface area contributed by atoms with Gasteiger partial charge >= 0.3 is 6.18 Å². The summed E-state index contributed by atoms with van der Waals surface area (Å²) in [6.07, 6.45) is 1.76. The molecule has 1 rings (SSSR count). The second-order valence-electron chi connectivity index (χ2n) is 5.12. The van der Waals surface area contributed by atoms with Crippen molar-refractivity contribution in [2.24, 2.45) is 0 Å². The first-order valence-electron chi connectivity index (χ1n) is 7.60. The predicted molar refractivity (Wildman–Crippen MR) is 86.0 cm³/mol. The van der Waals surface area contributed by atoms with Gasteiger partial charge in [-0.3, -0.25) is 0 Å². The Morgan fingerprint density at radius 3 is 1.91 bits per heavy atom. The van der Waals surface area contributed by atoms with Crippen LogP contribution < -0.4 is 9.47 Å². The average molecular weight is 328 g/mol. The normalized spacial score (nSPS) is 11.1. The van der Waals surface area contributed by atoms with Crippen LogP contribution in [-0.2, 0) is 6.18 Å². The summed E-state index contributed by atoms with van der Waals surface area (Å²) < 4.78 is 50.8. The standard InChI is InChI=1S/C18H23F3O2/c1-4-6-8-12-22-15-10-11-16(23-13-9-7-5-2)17(14(15)3)18(19,20)21/h4-5,10-11H,1-2,6-9,12-13H2,3H3. The highest BCUT2D eigenvalue weighted by Crippen LogP contribution is 2.42. The summed E-state index contributed by atoms with van der Waals surface area (Å²) in [7, 11) is 0. The molecule has 0 spiro atoms. The van der Waals surface area contributed by atoms with E-state index in [0.717, 1.165) is 6.42 Å². The Morgan fingerprint density at radius 2 is 1.43 bits per heavy atom. The summed E-state index contributed by atoms with van der Waals surface area (Å²) in [5, 5.41) is 0. The Kier molecular flexibility index (Phi) is 7.72. The van der Waals surface area contributed by atoms with Gasteiger partial charge in [0.15, 0.2) is 0 Å². The minimum Gasteiger partial charge on any atom is -0.493 e. The van der Waals surface area contributed by atoms with E-state index in [1.54, 1.807) is 12.2 Å². The molecule has 0 amide bonds. The number of benzene rings is 1. The van der Waals surface area contributed by atoms with Crippen molar-refractivity contribution in [2.75, 3.05) is 13.2 Å². The second kappa shape index (κ2) is 9.28. The molecule has 0 N–H and O–H groups in total. The van der Waals surface area contributed by atoms with E-state index in [0.29, 0.717) is 25.9 Å². The number of unbranched alkanes of at least 4 members (excludes halogenated alkanes) is 2. The van der Waals surface area contributed by atoms with Crippen molar-refractivity contribution in [1.82, 2.24) is 0 Å². The lowest BCUT2D eigenvalue weighted by Gasteiger charge is -2.19. The molecule has 128 valence electrons. The lowest BCUT2D eigenvalue weighted by atomic mass is 10.1. The Hall–Kier alpha value is -1.91. The third kappa shape index (κ3) is 6.00. The lowest BCUT2D eigenvalue weighted by Crippen LogP contribution is -2.13. The molecule has 1 aromatic carbocycles. The van der Waals surface area contributed by atoms with Gasteiger partial charge in [-0.2, -0.15) is 13.2 Å². The molecule has 0 saturated heterocycles. The number of hydrogen-bond donors (Lipinski definition) is 0. The molecular weight excluding hydrogens is 305 g/mol. The van der Waals surface area contributed by atoms with E-state index in [9.17, 15) is 13.2 Å². The molecule has 0 unspecified atom stereocenters. The highest BCUT2D eigenvalue weighted by atomic mass is 19.4. The molecule has 0 atom stereocenters. The highest BCUT2D eigenvalue weighted by molar-refractivity contribution is 5.49. The van der Waals surface area contributed by atoms with Crippen LogP contribution in [-0.4, -0.2) is 13.2 Å². The first-order chi connectivity index (χ1) is 10.9. The molecule has 0 aromatic heterocycles. The summed E-state index contributed by atoms with van der Waals surface area (Å²) in [4.78, 5) is 0. The fraction of sp³-hybridized carbons (Fsp3) is 0.444. The zero-order chi connectivity index (χ0) is 17.3. The van der Waals surface area contributed by atoms with Gasteiger partial charge in [0.1, 0.15) is 17.1 Å². The van der Waals surface area contributed by atoms with Gasteiger partial charge in [-0.1, -0.05) is 12.2 Å². The van der Waals surface area contributed by atoms with Crippen molar-refractivity contribution in [3.8, 4) is 11.5 Å². The topological polar surface area (TPSA) is 18.5 Å². The lowest BCUT2D eigenvalue weighted by molar-refractivity contribution is -0.139. The fourth-order valence-corrected chi connectivity index (χ4v) is 2.12. The molecule has 5 heteroatoms. The highest BCUT2D eigenvalue weighted by Gasteiger charge is 2.37. The summed E-state index contributed by atoms with van der Waals surface area (Å²) in [5.74, 6) is 0.0809. The van der Waals surface area contributed by atoms with Crippen LogP contribution in [0.2, 0.25) is 0 Å². The van der Waals surface area contributed by atoms with Gasteiger partial charge in [-0.25, -0.2) is 0 Å². The Labute approximate surface area is 135 Å². The monoisotopic (exact) mass is 328 g/mol. The van der Waals surface area contributed by atoms with Crippen LogP contribution in [0.3, 0.4) is 0 Å². The molecule has 0 bridgehead atoms. The first kappa shape index (κ1) is 19.1. The summed E-state index contributed by atoms with van der Waals surface area (Å²) in [6.45, 7) is 9.14. The van der Waals surface area contributed by atoms with E-state index in [-0.39, 0.29) is 23.7 Å². The van der Waals surface area contributed by atoms with Crippen LogP contribution in [0.4, 0.5) is 13.2 Å². The van der Waals surface area contributed by atoms with Crippen molar-refractivity contribution >= 4 is 0 Å². The molecule has 0 saturated carbocycles. The largest absolute Gasteiger partial charge is 0.493 e. The smallest absolute Gasteiger partial charge is 0.420 e. The van der Waals surface area contributed by atoms with Crippen molar-refractivity contribution in [3.05, 3.63) is 48.6 Å². The van der Waals surface area contributed by atoms with Crippen LogP contribution in [0.15, 0.2) is 37.4 Å². The van der Waals surface area contributed by atoms with Gasteiger partial charge in [0.25, 0.3) is 0 Å². The van der Waals surface area contributed by atoms with Crippen molar-refractivity contribution < 1.29 is 22.6 Å². The molecule has 23 heavy (non-hydrogen) atoms. The van der Waals surface area contributed by atoms with Gasteiger partial charge < -0.3 is 9.47 Å². The maximum absolute atomic E-state index is 13.3. The number of alkyl halides is 3. The Balaban J connectivity index is 2.92. The van der Waals surface area contributed by atoms with Gasteiger partial charge in [-0.05, 0) is 44.7 Å². The average Bonchev–Trinajstić information content (AvgIpc) is 2.48. The van der Waals surface area contributed by atoms with E-state index in [2.05, 4.69) is 13.2 Å². The van der Waals surface area contributed by atoms with Gasteiger partial charge in [0, 0.05) is 5.56 Å². The SMILES string of the molecule is C=CCCCOc1ccc(OCCCC=C)c(C(F)(F)F)c1C. The minimum atomic E-state index is -4.49. The molecule has 0 heterocycles. The van der Waals surface area contributed by atoms with E-state index in [1.807, 2.05) is 0 Å². The first-order valence-corrected chi connectivity index (χ1v) is 7.60. The summed E-state index contributed by atoms with van der Waals surface area (Å²) in [6, 6.07) is 2.86. The molecule has 0 aliphatic rings. The quantitative estimate of drug-likeness (QED) is 0.405. The van der Waals surface area contributed by atoms with Crippen LogP contribution >= 0.6 is 0 Å². The predicted octanol–water partition coefficient (Wildman–Crippen LogP) is 5.70. The van der Waals surface area contributed by atoms with E-state index in [4.69, 9.17) is 9.47 Å². The van der Waals surface area contributed by atoms with E-state index < -0.39 is 11.7 Å². The molecule has 1 aromatic rings. The summed E-state index contributed by atoms with van der Waals surface area (Å²) >= 11 is 0. The van der Waals surface area contributed by atoms with Crippen LogP contribution in [0, 0.1) is 6.92 Å². The minimum absolute atomic E-state index is 0.0531. The van der Waals surface area contributed by atoms with Gasteiger partial charge in [0.2, 0.25) is 0 Å². The number of halogens is 3. The summed E-state index contributed by atoms with van der Waals surface area (Å²) in [5.41, 5.74) is -0.713.